The van der Waals surface area contributed by atoms with Gasteiger partial charge in [-0.1, -0.05) is 0 Å². The van der Waals surface area contributed by atoms with Gasteiger partial charge in [0.25, 0.3) is 0 Å². The van der Waals surface area contributed by atoms with E-state index >= 15 is 0 Å². The maximum absolute atomic E-state index is 10.2. The number of aliphatic hydroxyl groups excluding tert-OH is 1. The third kappa shape index (κ3) is 2.15. The maximum Gasteiger partial charge on any atom is 0.205 e. The minimum absolute atomic E-state index is 0.00770. The van der Waals surface area contributed by atoms with E-state index in [-0.39, 0.29) is 17.6 Å². The molecule has 0 radical (unpaired) electrons. The molecule has 2 aliphatic rings. The third-order valence-corrected chi connectivity index (χ3v) is 5.46. The summed E-state index contributed by atoms with van der Waals surface area (Å²) in [7, 11) is 0. The fourth-order valence-electron chi connectivity index (χ4n) is 3.35. The van der Waals surface area contributed by atoms with E-state index in [9.17, 15) is 5.11 Å². The number of ether oxygens (including phenoxy) is 1. The third-order valence-electron chi connectivity index (χ3n) is 4.59. The van der Waals surface area contributed by atoms with Crippen LogP contribution in [0.4, 0.5) is 5.13 Å². The lowest BCUT2D eigenvalue weighted by Crippen LogP contribution is -2.62. The average Bonchev–Trinajstić information content (AvgIpc) is 2.85. The molecule has 6 heteroatoms. The molecule has 1 aliphatic heterocycles. The molecule has 2 atom stereocenters. The SMILES string of the molecule is CCO[C@@H]1C[C@H](O)C12CCN(c1nc(C)ns1)CC2. The van der Waals surface area contributed by atoms with E-state index in [1.165, 1.54) is 11.5 Å². The molecule has 1 aromatic heterocycles. The van der Waals surface area contributed by atoms with Gasteiger partial charge in [0.05, 0.1) is 12.2 Å². The summed E-state index contributed by atoms with van der Waals surface area (Å²) in [6.45, 7) is 6.56. The van der Waals surface area contributed by atoms with Gasteiger partial charge in [-0.3, -0.25) is 0 Å². The lowest BCUT2D eigenvalue weighted by atomic mass is 9.58. The Labute approximate surface area is 117 Å². The first-order valence-electron chi connectivity index (χ1n) is 7.00. The fraction of sp³-hybridized carbons (Fsp3) is 0.846. The van der Waals surface area contributed by atoms with Gasteiger partial charge in [0.15, 0.2) is 0 Å². The van der Waals surface area contributed by atoms with Crippen LogP contribution in [0.2, 0.25) is 0 Å². The Bertz CT molecular complexity index is 441. The molecule has 1 saturated carbocycles. The molecule has 0 unspecified atom stereocenters. The number of aromatic nitrogens is 2. The number of rotatable bonds is 3. The van der Waals surface area contributed by atoms with Gasteiger partial charge in [-0.2, -0.15) is 4.37 Å². The fourth-order valence-corrected chi connectivity index (χ4v) is 4.07. The number of aliphatic hydroxyl groups is 1. The first-order valence-corrected chi connectivity index (χ1v) is 7.78. The lowest BCUT2D eigenvalue weighted by molar-refractivity contribution is -0.199. The summed E-state index contributed by atoms with van der Waals surface area (Å²) in [6, 6.07) is 0. The number of piperidine rings is 1. The van der Waals surface area contributed by atoms with Gasteiger partial charge < -0.3 is 14.7 Å². The summed E-state index contributed by atoms with van der Waals surface area (Å²) in [6.07, 6.45) is 2.81. The molecule has 2 fully saturated rings. The minimum Gasteiger partial charge on any atom is -0.392 e. The molecule has 0 aromatic carbocycles. The van der Waals surface area contributed by atoms with Crippen LogP contribution < -0.4 is 4.90 Å². The summed E-state index contributed by atoms with van der Waals surface area (Å²) >= 11 is 1.46. The van der Waals surface area contributed by atoms with Gasteiger partial charge >= 0.3 is 0 Å². The molecule has 3 rings (SSSR count). The van der Waals surface area contributed by atoms with Crippen molar-refractivity contribution >= 4 is 16.7 Å². The molecule has 0 bridgehead atoms. The molecule has 5 nitrogen and oxygen atoms in total. The average molecular weight is 283 g/mol. The summed E-state index contributed by atoms with van der Waals surface area (Å²) < 4.78 is 10.0. The van der Waals surface area contributed by atoms with Crippen molar-refractivity contribution in [2.24, 2.45) is 5.41 Å². The van der Waals surface area contributed by atoms with Gasteiger partial charge in [0, 0.05) is 43.1 Å². The smallest absolute Gasteiger partial charge is 0.205 e. The largest absolute Gasteiger partial charge is 0.392 e. The van der Waals surface area contributed by atoms with E-state index in [0.717, 1.165) is 49.9 Å². The quantitative estimate of drug-likeness (QED) is 0.913. The molecule has 1 spiro atoms. The summed E-state index contributed by atoms with van der Waals surface area (Å²) in [5.74, 6) is 0.844. The molecule has 2 heterocycles. The zero-order valence-corrected chi connectivity index (χ0v) is 12.3. The van der Waals surface area contributed by atoms with E-state index in [1.807, 2.05) is 13.8 Å². The van der Waals surface area contributed by atoms with Crippen LogP contribution in [0.15, 0.2) is 0 Å². The first-order chi connectivity index (χ1) is 9.15. The van der Waals surface area contributed by atoms with Crippen molar-refractivity contribution in [2.45, 2.75) is 45.3 Å². The number of hydrogen-bond donors (Lipinski definition) is 1. The molecule has 0 amide bonds. The van der Waals surface area contributed by atoms with E-state index in [4.69, 9.17) is 4.74 Å². The van der Waals surface area contributed by atoms with E-state index < -0.39 is 0 Å². The first kappa shape index (κ1) is 13.3. The van der Waals surface area contributed by atoms with E-state index in [0.29, 0.717) is 0 Å². The Hall–Kier alpha value is -0.720. The van der Waals surface area contributed by atoms with Crippen LogP contribution in [0.25, 0.3) is 0 Å². The number of nitrogens with zero attached hydrogens (tertiary/aromatic N) is 3. The van der Waals surface area contributed by atoms with Crippen molar-refractivity contribution in [1.29, 1.82) is 0 Å². The molecule has 1 saturated heterocycles. The number of hydrogen-bond acceptors (Lipinski definition) is 6. The molecular weight excluding hydrogens is 262 g/mol. The van der Waals surface area contributed by atoms with Gasteiger partial charge in [-0.15, -0.1) is 0 Å². The minimum atomic E-state index is -0.192. The summed E-state index contributed by atoms with van der Waals surface area (Å²) in [5, 5.41) is 11.2. The highest BCUT2D eigenvalue weighted by Gasteiger charge is 2.56. The Morgan fingerprint density at radius 1 is 1.47 bits per heavy atom. The highest BCUT2D eigenvalue weighted by molar-refractivity contribution is 7.09. The van der Waals surface area contributed by atoms with E-state index in [1.54, 1.807) is 0 Å². The van der Waals surface area contributed by atoms with Crippen LogP contribution in [0.5, 0.6) is 0 Å². The summed E-state index contributed by atoms with van der Waals surface area (Å²) in [4.78, 5) is 6.72. The van der Waals surface area contributed by atoms with E-state index in [2.05, 4.69) is 14.3 Å². The second-order valence-corrected chi connectivity index (χ2v) is 6.27. The topological polar surface area (TPSA) is 58.5 Å². The second-order valence-electron chi connectivity index (χ2n) is 5.54. The van der Waals surface area contributed by atoms with Crippen LogP contribution in [-0.4, -0.2) is 46.4 Å². The van der Waals surface area contributed by atoms with Crippen molar-refractivity contribution in [3.8, 4) is 0 Å². The van der Waals surface area contributed by atoms with Crippen LogP contribution in [0, 0.1) is 12.3 Å². The second kappa shape index (κ2) is 5.00. The highest BCUT2D eigenvalue weighted by atomic mass is 32.1. The predicted molar refractivity (Wildman–Crippen MR) is 74.6 cm³/mol. The zero-order chi connectivity index (χ0) is 13.5. The van der Waals surface area contributed by atoms with Crippen molar-refractivity contribution in [3.63, 3.8) is 0 Å². The standard InChI is InChI=1S/C13H21N3O2S/c1-3-18-11-8-10(17)13(11)4-6-16(7-5-13)12-14-9(2)15-19-12/h10-11,17H,3-8H2,1-2H3/t10-,11+/m0/s1. The van der Waals surface area contributed by atoms with Gasteiger partial charge in [0.1, 0.15) is 5.82 Å². The lowest BCUT2D eigenvalue weighted by Gasteiger charge is -2.56. The number of anilines is 1. The summed E-state index contributed by atoms with van der Waals surface area (Å²) in [5.41, 5.74) is -0.00770. The molecule has 1 N–H and O–H groups in total. The Kier molecular flexibility index (Phi) is 3.49. The van der Waals surface area contributed by atoms with Crippen molar-refractivity contribution in [1.82, 2.24) is 9.36 Å². The van der Waals surface area contributed by atoms with Crippen LogP contribution >= 0.6 is 11.5 Å². The Morgan fingerprint density at radius 2 is 2.21 bits per heavy atom. The van der Waals surface area contributed by atoms with Crippen molar-refractivity contribution in [3.05, 3.63) is 5.82 Å². The van der Waals surface area contributed by atoms with Gasteiger partial charge in [-0.25, -0.2) is 4.98 Å². The monoisotopic (exact) mass is 283 g/mol. The van der Waals surface area contributed by atoms with Crippen molar-refractivity contribution in [2.75, 3.05) is 24.6 Å². The van der Waals surface area contributed by atoms with Crippen molar-refractivity contribution < 1.29 is 9.84 Å². The normalized spacial score (nSPS) is 29.5. The maximum atomic E-state index is 10.2. The molecule has 19 heavy (non-hydrogen) atoms. The van der Waals surface area contributed by atoms with Crippen LogP contribution in [-0.2, 0) is 4.74 Å². The predicted octanol–water partition coefficient (Wildman–Crippen LogP) is 1.60. The zero-order valence-electron chi connectivity index (χ0n) is 11.5. The molecule has 1 aliphatic carbocycles. The molecule has 106 valence electrons. The van der Waals surface area contributed by atoms with Gasteiger partial charge in [0.2, 0.25) is 5.13 Å². The molecular formula is C13H21N3O2S. The van der Waals surface area contributed by atoms with Crippen LogP contribution in [0.1, 0.15) is 32.0 Å². The highest BCUT2D eigenvalue weighted by Crippen LogP contribution is 2.51. The number of aryl methyl sites for hydroxylation is 1. The molecule has 1 aromatic rings. The Morgan fingerprint density at radius 3 is 2.74 bits per heavy atom. The Balaban J connectivity index is 1.65. The van der Waals surface area contributed by atoms with Crippen LogP contribution in [0.3, 0.4) is 0 Å². The van der Waals surface area contributed by atoms with Gasteiger partial charge in [-0.05, 0) is 26.7 Å².